The first kappa shape index (κ1) is 14.2. The molecule has 0 spiro atoms. The molecule has 0 aliphatic rings. The third-order valence-electron chi connectivity index (χ3n) is 2.59. The molecule has 0 unspecified atom stereocenters. The van der Waals surface area contributed by atoms with E-state index in [0.29, 0.717) is 5.56 Å². The summed E-state index contributed by atoms with van der Waals surface area (Å²) in [5.74, 6) is -0.287. The Bertz CT molecular complexity index is 584. The molecule has 0 aliphatic heterocycles. The molecule has 4 heteroatoms. The number of esters is 1. The van der Waals surface area contributed by atoms with E-state index in [1.807, 2.05) is 48.7 Å². The van der Waals surface area contributed by atoms with Gasteiger partial charge in [-0.2, -0.15) is 0 Å². The summed E-state index contributed by atoms with van der Waals surface area (Å²) in [7, 11) is 0. The average Bonchev–Trinajstić information content (AvgIpc) is 2.45. The highest BCUT2D eigenvalue weighted by Crippen LogP contribution is 2.21. The number of thioether (sulfide) groups is 1. The Morgan fingerprint density at radius 2 is 2.00 bits per heavy atom. The third-order valence-corrected chi connectivity index (χ3v) is 3.87. The molecular formula is C15H13BrO2S. The lowest BCUT2D eigenvalue weighted by Gasteiger charge is -2.08. The van der Waals surface area contributed by atoms with E-state index in [-0.39, 0.29) is 12.6 Å². The SMILES string of the molecule is CSc1ccccc1C(=O)OCc1cccc(Br)c1. The molecule has 0 saturated carbocycles. The van der Waals surface area contributed by atoms with Crippen molar-refractivity contribution in [3.05, 3.63) is 64.1 Å². The molecule has 0 radical (unpaired) electrons. The minimum atomic E-state index is -0.287. The molecule has 0 atom stereocenters. The second kappa shape index (κ2) is 6.78. The van der Waals surface area contributed by atoms with Crippen LogP contribution in [0.5, 0.6) is 0 Å². The molecule has 19 heavy (non-hydrogen) atoms. The van der Waals surface area contributed by atoms with Crippen molar-refractivity contribution >= 4 is 33.7 Å². The first-order chi connectivity index (χ1) is 9.20. The molecule has 2 aromatic rings. The van der Waals surface area contributed by atoms with Crippen molar-refractivity contribution in [2.24, 2.45) is 0 Å². The van der Waals surface area contributed by atoms with Crippen molar-refractivity contribution in [2.45, 2.75) is 11.5 Å². The van der Waals surface area contributed by atoms with Gasteiger partial charge in [-0.15, -0.1) is 11.8 Å². The van der Waals surface area contributed by atoms with E-state index < -0.39 is 0 Å². The van der Waals surface area contributed by atoms with E-state index in [4.69, 9.17) is 4.74 Å². The largest absolute Gasteiger partial charge is 0.457 e. The predicted molar refractivity (Wildman–Crippen MR) is 81.5 cm³/mol. The van der Waals surface area contributed by atoms with Crippen LogP contribution in [0.1, 0.15) is 15.9 Å². The number of benzene rings is 2. The van der Waals surface area contributed by atoms with Crippen LogP contribution in [0.15, 0.2) is 57.9 Å². The molecule has 0 fully saturated rings. The Balaban J connectivity index is 2.05. The van der Waals surface area contributed by atoms with Crippen LogP contribution < -0.4 is 0 Å². The summed E-state index contributed by atoms with van der Waals surface area (Å²) in [6, 6.07) is 15.2. The van der Waals surface area contributed by atoms with Crippen LogP contribution in [-0.2, 0) is 11.3 Å². The van der Waals surface area contributed by atoms with Crippen molar-refractivity contribution in [1.29, 1.82) is 0 Å². The number of carbonyl (C=O) groups is 1. The molecule has 0 bridgehead atoms. The standard InChI is InChI=1S/C15H13BrO2S/c1-19-14-8-3-2-7-13(14)15(17)18-10-11-5-4-6-12(16)9-11/h2-9H,10H2,1H3. The number of carbonyl (C=O) groups excluding carboxylic acids is 1. The van der Waals surface area contributed by atoms with Crippen LogP contribution in [0, 0.1) is 0 Å². The Morgan fingerprint density at radius 1 is 1.21 bits per heavy atom. The molecule has 2 rings (SSSR count). The molecule has 2 nitrogen and oxygen atoms in total. The number of rotatable bonds is 4. The Labute approximate surface area is 125 Å². The van der Waals surface area contributed by atoms with Gasteiger partial charge in [0.05, 0.1) is 5.56 Å². The molecule has 0 saturated heterocycles. The van der Waals surface area contributed by atoms with Crippen LogP contribution >= 0.6 is 27.7 Å². The van der Waals surface area contributed by atoms with E-state index in [2.05, 4.69) is 15.9 Å². The molecule has 0 amide bonds. The van der Waals surface area contributed by atoms with E-state index >= 15 is 0 Å². The minimum Gasteiger partial charge on any atom is -0.457 e. The van der Waals surface area contributed by atoms with E-state index in [1.165, 1.54) is 11.8 Å². The fraction of sp³-hybridized carbons (Fsp3) is 0.133. The zero-order valence-electron chi connectivity index (χ0n) is 10.4. The maximum absolute atomic E-state index is 12.0. The summed E-state index contributed by atoms with van der Waals surface area (Å²) >= 11 is 4.93. The van der Waals surface area contributed by atoms with Gasteiger partial charge in [-0.25, -0.2) is 4.79 Å². The zero-order chi connectivity index (χ0) is 13.7. The third kappa shape index (κ3) is 3.85. The summed E-state index contributed by atoms with van der Waals surface area (Å²) < 4.78 is 6.32. The molecular weight excluding hydrogens is 324 g/mol. The number of ether oxygens (including phenoxy) is 1. The lowest BCUT2D eigenvalue weighted by molar-refractivity contribution is 0.0468. The fourth-order valence-corrected chi connectivity index (χ4v) is 2.70. The second-order valence-electron chi connectivity index (χ2n) is 3.91. The number of halogens is 1. The van der Waals surface area contributed by atoms with Crippen LogP contribution in [0.4, 0.5) is 0 Å². The highest BCUT2D eigenvalue weighted by Gasteiger charge is 2.11. The normalized spacial score (nSPS) is 10.2. The highest BCUT2D eigenvalue weighted by atomic mass is 79.9. The lowest BCUT2D eigenvalue weighted by atomic mass is 10.2. The van der Waals surface area contributed by atoms with Crippen molar-refractivity contribution < 1.29 is 9.53 Å². The molecule has 0 aliphatic carbocycles. The molecule has 2 aromatic carbocycles. The fourth-order valence-electron chi connectivity index (χ4n) is 1.67. The Kier molecular flexibility index (Phi) is 5.05. The average molecular weight is 337 g/mol. The highest BCUT2D eigenvalue weighted by molar-refractivity contribution is 9.10. The van der Waals surface area contributed by atoms with Crippen molar-refractivity contribution in [2.75, 3.05) is 6.26 Å². The van der Waals surface area contributed by atoms with Crippen LogP contribution in [0.25, 0.3) is 0 Å². The Morgan fingerprint density at radius 3 is 2.74 bits per heavy atom. The monoisotopic (exact) mass is 336 g/mol. The van der Waals surface area contributed by atoms with Gasteiger partial charge in [0.25, 0.3) is 0 Å². The molecule has 0 N–H and O–H groups in total. The number of hydrogen-bond acceptors (Lipinski definition) is 3. The summed E-state index contributed by atoms with van der Waals surface area (Å²) in [6.07, 6.45) is 1.94. The van der Waals surface area contributed by atoms with Gasteiger partial charge in [0.15, 0.2) is 0 Å². The van der Waals surface area contributed by atoms with Crippen molar-refractivity contribution in [3.63, 3.8) is 0 Å². The summed E-state index contributed by atoms with van der Waals surface area (Å²) in [5, 5.41) is 0. The smallest absolute Gasteiger partial charge is 0.339 e. The van der Waals surface area contributed by atoms with E-state index in [9.17, 15) is 4.79 Å². The van der Waals surface area contributed by atoms with Gasteiger partial charge in [-0.1, -0.05) is 40.2 Å². The topological polar surface area (TPSA) is 26.3 Å². The quantitative estimate of drug-likeness (QED) is 0.606. The minimum absolute atomic E-state index is 0.279. The molecule has 0 heterocycles. The maximum Gasteiger partial charge on any atom is 0.339 e. The van der Waals surface area contributed by atoms with Crippen LogP contribution in [0.2, 0.25) is 0 Å². The summed E-state index contributed by atoms with van der Waals surface area (Å²) in [4.78, 5) is 13.0. The van der Waals surface area contributed by atoms with Crippen LogP contribution in [-0.4, -0.2) is 12.2 Å². The van der Waals surface area contributed by atoms with Gasteiger partial charge in [-0.3, -0.25) is 0 Å². The zero-order valence-corrected chi connectivity index (χ0v) is 12.8. The number of hydrogen-bond donors (Lipinski definition) is 0. The first-order valence-corrected chi connectivity index (χ1v) is 7.77. The second-order valence-corrected chi connectivity index (χ2v) is 5.67. The van der Waals surface area contributed by atoms with Crippen LogP contribution in [0.3, 0.4) is 0 Å². The summed E-state index contributed by atoms with van der Waals surface area (Å²) in [6.45, 7) is 0.279. The van der Waals surface area contributed by atoms with Gasteiger partial charge in [0, 0.05) is 9.37 Å². The maximum atomic E-state index is 12.0. The Hall–Kier alpha value is -1.26. The van der Waals surface area contributed by atoms with Gasteiger partial charge >= 0.3 is 5.97 Å². The van der Waals surface area contributed by atoms with Gasteiger partial charge in [0.1, 0.15) is 6.61 Å². The van der Waals surface area contributed by atoms with Crippen molar-refractivity contribution in [1.82, 2.24) is 0 Å². The van der Waals surface area contributed by atoms with Crippen molar-refractivity contribution in [3.8, 4) is 0 Å². The van der Waals surface area contributed by atoms with Gasteiger partial charge in [-0.05, 0) is 36.1 Å². The summed E-state index contributed by atoms with van der Waals surface area (Å²) in [5.41, 5.74) is 1.58. The molecule has 0 aromatic heterocycles. The van der Waals surface area contributed by atoms with E-state index in [1.54, 1.807) is 6.07 Å². The predicted octanol–water partition coefficient (Wildman–Crippen LogP) is 4.53. The lowest BCUT2D eigenvalue weighted by Crippen LogP contribution is -2.06. The van der Waals surface area contributed by atoms with Gasteiger partial charge < -0.3 is 4.74 Å². The van der Waals surface area contributed by atoms with Gasteiger partial charge in [0.2, 0.25) is 0 Å². The van der Waals surface area contributed by atoms with E-state index in [0.717, 1.165) is 14.9 Å². The molecule has 98 valence electrons. The first-order valence-electron chi connectivity index (χ1n) is 5.75.